The first-order chi connectivity index (χ1) is 14.4. The number of benzene rings is 2. The van der Waals surface area contributed by atoms with Crippen molar-refractivity contribution in [2.75, 3.05) is 6.54 Å². The summed E-state index contributed by atoms with van der Waals surface area (Å²) >= 11 is 12.0. The van der Waals surface area contributed by atoms with Crippen LogP contribution in [0.4, 0.5) is 0 Å². The summed E-state index contributed by atoms with van der Waals surface area (Å²) in [6.45, 7) is -0.0913. The van der Waals surface area contributed by atoms with E-state index in [0.717, 1.165) is 32.1 Å². The Morgan fingerprint density at radius 2 is 1.80 bits per heavy atom. The molecule has 0 aromatic heterocycles. The molecular formula is C23H19Cl2N3O2. The molecule has 1 spiro atoms. The summed E-state index contributed by atoms with van der Waals surface area (Å²) in [5.41, 5.74) is 0.970. The van der Waals surface area contributed by atoms with Gasteiger partial charge in [0.25, 0.3) is 5.91 Å². The van der Waals surface area contributed by atoms with Crippen molar-refractivity contribution in [2.45, 2.75) is 37.8 Å². The Morgan fingerprint density at radius 3 is 2.47 bits per heavy atom. The van der Waals surface area contributed by atoms with Gasteiger partial charge in [-0.2, -0.15) is 5.26 Å². The second-order valence-corrected chi connectivity index (χ2v) is 8.47. The summed E-state index contributed by atoms with van der Waals surface area (Å²) in [5, 5.41) is 10.1. The molecule has 2 aromatic rings. The highest BCUT2D eigenvalue weighted by Gasteiger charge is 2.48. The first-order valence-electron chi connectivity index (χ1n) is 9.84. The van der Waals surface area contributed by atoms with E-state index in [1.165, 1.54) is 12.1 Å². The number of carbonyl (C=O) groups is 2. The highest BCUT2D eigenvalue weighted by molar-refractivity contribution is 6.47. The van der Waals surface area contributed by atoms with Gasteiger partial charge in [-0.25, -0.2) is 0 Å². The van der Waals surface area contributed by atoms with Crippen molar-refractivity contribution < 1.29 is 9.59 Å². The van der Waals surface area contributed by atoms with Crippen LogP contribution in [0.5, 0.6) is 0 Å². The SMILES string of the molecule is N#Cc1cc(C(=O)CN2C(=O)C(c3ccc(Cl)cc3)=NC23CCCCC3)ccc1Cl. The van der Waals surface area contributed by atoms with Gasteiger partial charge >= 0.3 is 0 Å². The molecule has 0 atom stereocenters. The molecule has 30 heavy (non-hydrogen) atoms. The minimum atomic E-state index is -0.690. The number of nitrogens with zero attached hydrogens (tertiary/aromatic N) is 3. The van der Waals surface area contributed by atoms with Crippen LogP contribution >= 0.6 is 23.2 Å². The predicted molar refractivity (Wildman–Crippen MR) is 116 cm³/mol. The molecule has 1 heterocycles. The molecule has 1 fully saturated rings. The van der Waals surface area contributed by atoms with E-state index in [9.17, 15) is 14.9 Å². The molecule has 1 saturated carbocycles. The molecule has 2 aliphatic rings. The van der Waals surface area contributed by atoms with Gasteiger partial charge < -0.3 is 4.90 Å². The number of halogens is 2. The number of aliphatic imine (C=N–C) groups is 1. The van der Waals surface area contributed by atoms with Crippen molar-refractivity contribution in [3.63, 3.8) is 0 Å². The van der Waals surface area contributed by atoms with E-state index in [4.69, 9.17) is 28.2 Å². The van der Waals surface area contributed by atoms with E-state index in [2.05, 4.69) is 0 Å². The molecule has 1 aliphatic heterocycles. The minimum Gasteiger partial charge on any atom is -0.305 e. The number of Topliss-reactive ketones (excluding diaryl/α,β-unsaturated/α-hetero) is 1. The Balaban J connectivity index is 1.66. The maximum absolute atomic E-state index is 13.3. The average molecular weight is 440 g/mol. The fraction of sp³-hybridized carbons (Fsp3) is 0.304. The van der Waals surface area contributed by atoms with Gasteiger partial charge in [-0.1, -0.05) is 41.8 Å². The van der Waals surface area contributed by atoms with Crippen LogP contribution in [0, 0.1) is 11.3 Å². The number of rotatable bonds is 4. The van der Waals surface area contributed by atoms with Gasteiger partial charge in [0.15, 0.2) is 5.78 Å². The predicted octanol–water partition coefficient (Wildman–Crippen LogP) is 5.04. The molecule has 1 amide bonds. The molecule has 0 N–H and O–H groups in total. The lowest BCUT2D eigenvalue weighted by Gasteiger charge is -2.38. The van der Waals surface area contributed by atoms with Crippen LogP contribution in [0.3, 0.4) is 0 Å². The Labute approximate surface area is 184 Å². The van der Waals surface area contributed by atoms with Gasteiger partial charge in [-0.15, -0.1) is 0 Å². The van der Waals surface area contributed by atoms with Crippen LogP contribution in [0.2, 0.25) is 10.0 Å². The first-order valence-corrected chi connectivity index (χ1v) is 10.6. The Kier molecular flexibility index (Phi) is 5.64. The molecule has 0 radical (unpaired) electrons. The Morgan fingerprint density at radius 1 is 1.10 bits per heavy atom. The van der Waals surface area contributed by atoms with Crippen molar-refractivity contribution in [3.05, 3.63) is 69.2 Å². The summed E-state index contributed by atoms with van der Waals surface area (Å²) in [6.07, 6.45) is 4.45. The maximum atomic E-state index is 13.3. The number of nitriles is 1. The zero-order chi connectivity index (χ0) is 21.3. The van der Waals surface area contributed by atoms with Crippen molar-refractivity contribution >= 4 is 40.6 Å². The molecule has 0 saturated heterocycles. The summed E-state index contributed by atoms with van der Waals surface area (Å²) < 4.78 is 0. The van der Waals surface area contributed by atoms with Gasteiger partial charge in [0.2, 0.25) is 0 Å². The molecule has 2 aromatic carbocycles. The first kappa shape index (κ1) is 20.6. The summed E-state index contributed by atoms with van der Waals surface area (Å²) in [7, 11) is 0. The average Bonchev–Trinajstić information content (AvgIpc) is 3.01. The third-order valence-corrected chi connectivity index (χ3v) is 6.33. The quantitative estimate of drug-likeness (QED) is 0.626. The Hall–Kier alpha value is -2.68. The smallest absolute Gasteiger partial charge is 0.275 e. The van der Waals surface area contributed by atoms with Gasteiger partial charge in [0, 0.05) is 16.1 Å². The van der Waals surface area contributed by atoms with Crippen LogP contribution in [-0.2, 0) is 4.79 Å². The van der Waals surface area contributed by atoms with Crippen molar-refractivity contribution in [1.29, 1.82) is 5.26 Å². The van der Waals surface area contributed by atoms with E-state index >= 15 is 0 Å². The largest absolute Gasteiger partial charge is 0.305 e. The standard InChI is InChI=1S/C23H19Cl2N3O2/c24-18-7-4-15(5-8-18)21-22(30)28(23(27-21)10-2-1-3-11-23)14-20(29)16-6-9-19(25)17(12-16)13-26/h4-9,12H,1-3,10-11,14H2. The van der Waals surface area contributed by atoms with Crippen LogP contribution in [0.25, 0.3) is 0 Å². The minimum absolute atomic E-state index is 0.0913. The molecule has 1 aliphatic carbocycles. The van der Waals surface area contributed by atoms with Crippen LogP contribution < -0.4 is 0 Å². The van der Waals surface area contributed by atoms with Crippen LogP contribution in [-0.4, -0.2) is 34.5 Å². The lowest BCUT2D eigenvalue weighted by atomic mass is 9.88. The number of hydrogen-bond acceptors (Lipinski definition) is 4. The summed E-state index contributed by atoms with van der Waals surface area (Å²) in [6, 6.07) is 13.6. The van der Waals surface area contributed by atoms with Crippen molar-refractivity contribution in [2.24, 2.45) is 4.99 Å². The third-order valence-electron chi connectivity index (χ3n) is 5.75. The second-order valence-electron chi connectivity index (χ2n) is 7.63. The van der Waals surface area contributed by atoms with Gasteiger partial charge in [-0.3, -0.25) is 14.6 Å². The van der Waals surface area contributed by atoms with E-state index in [1.54, 1.807) is 35.2 Å². The summed E-state index contributed by atoms with van der Waals surface area (Å²) in [5.74, 6) is -0.490. The molecule has 5 nitrogen and oxygen atoms in total. The monoisotopic (exact) mass is 439 g/mol. The normalized spacial score (nSPS) is 17.7. The molecule has 7 heteroatoms. The molecule has 0 unspecified atom stereocenters. The van der Waals surface area contributed by atoms with Crippen molar-refractivity contribution in [1.82, 2.24) is 4.90 Å². The zero-order valence-electron chi connectivity index (χ0n) is 16.2. The highest BCUT2D eigenvalue weighted by Crippen LogP contribution is 2.39. The second kappa shape index (κ2) is 8.22. The van der Waals surface area contributed by atoms with Gasteiger partial charge in [0.1, 0.15) is 17.4 Å². The van der Waals surface area contributed by atoms with Gasteiger partial charge in [0.05, 0.1) is 17.1 Å². The summed E-state index contributed by atoms with van der Waals surface area (Å²) in [4.78, 5) is 32.8. The zero-order valence-corrected chi connectivity index (χ0v) is 17.7. The fourth-order valence-electron chi connectivity index (χ4n) is 4.17. The van der Waals surface area contributed by atoms with Gasteiger partial charge in [-0.05, 0) is 56.0 Å². The number of ketones is 1. The number of amides is 1. The van der Waals surface area contributed by atoms with E-state index in [0.29, 0.717) is 26.9 Å². The number of carbonyl (C=O) groups excluding carboxylic acids is 2. The van der Waals surface area contributed by atoms with Crippen molar-refractivity contribution in [3.8, 4) is 6.07 Å². The van der Waals surface area contributed by atoms with Crippen LogP contribution in [0.1, 0.15) is 53.6 Å². The van der Waals surface area contributed by atoms with E-state index in [1.807, 2.05) is 6.07 Å². The molecular weight excluding hydrogens is 421 g/mol. The lowest BCUT2D eigenvalue weighted by molar-refractivity contribution is -0.128. The Bertz CT molecular complexity index is 1080. The maximum Gasteiger partial charge on any atom is 0.275 e. The highest BCUT2D eigenvalue weighted by atomic mass is 35.5. The molecule has 0 bridgehead atoms. The van der Waals surface area contributed by atoms with Crippen LogP contribution in [0.15, 0.2) is 47.5 Å². The lowest BCUT2D eigenvalue weighted by Crippen LogP contribution is -2.50. The van der Waals surface area contributed by atoms with E-state index < -0.39 is 5.66 Å². The third kappa shape index (κ3) is 3.74. The molecule has 4 rings (SSSR count). The fourth-order valence-corrected chi connectivity index (χ4v) is 4.45. The van der Waals surface area contributed by atoms with E-state index in [-0.39, 0.29) is 23.8 Å². The molecule has 152 valence electrons. The number of hydrogen-bond donors (Lipinski definition) is 0. The topological polar surface area (TPSA) is 73.5 Å².